The first kappa shape index (κ1) is 15.6. The summed E-state index contributed by atoms with van der Waals surface area (Å²) in [6.07, 6.45) is 0. The number of ether oxygens (including phenoxy) is 2. The molecule has 1 aromatic carbocycles. The first-order chi connectivity index (χ1) is 9.95. The van der Waals surface area contributed by atoms with Crippen LogP contribution in [0.3, 0.4) is 0 Å². The zero-order chi connectivity index (χ0) is 15.5. The van der Waals surface area contributed by atoms with Crippen LogP contribution in [0.5, 0.6) is 11.5 Å². The molecular weight excluding hydrogens is 318 g/mol. The lowest BCUT2D eigenvalue weighted by atomic mass is 10.2. The van der Waals surface area contributed by atoms with Crippen molar-refractivity contribution in [2.75, 3.05) is 13.2 Å². The molecule has 0 aliphatic carbocycles. The number of halogens is 1. The minimum atomic E-state index is -3.94. The van der Waals surface area contributed by atoms with Crippen LogP contribution in [0.2, 0.25) is 0 Å². The highest BCUT2D eigenvalue weighted by Gasteiger charge is 2.17. The number of nitrogens with one attached hydrogen (secondary N) is 1. The van der Waals surface area contributed by atoms with Gasteiger partial charge in [0.1, 0.15) is 0 Å². The fourth-order valence-corrected chi connectivity index (χ4v) is 2.23. The number of aromatic nitrogens is 3. The third-order valence-corrected chi connectivity index (χ3v) is 3.58. The van der Waals surface area contributed by atoms with E-state index in [9.17, 15) is 8.42 Å². The Morgan fingerprint density at radius 1 is 1.19 bits per heavy atom. The van der Waals surface area contributed by atoms with Crippen molar-refractivity contribution >= 4 is 19.7 Å². The number of rotatable bonds is 6. The fraction of sp³-hybridized carbons (Fsp3) is 0.333. The number of benzene rings is 1. The lowest BCUT2D eigenvalue weighted by molar-refractivity contribution is 0.288. The van der Waals surface area contributed by atoms with Gasteiger partial charge in [0.15, 0.2) is 17.3 Å². The summed E-state index contributed by atoms with van der Waals surface area (Å²) in [5.41, 5.74) is 0.588. The molecule has 0 unspecified atom stereocenters. The van der Waals surface area contributed by atoms with Crippen molar-refractivity contribution < 1.29 is 17.9 Å². The molecule has 1 heterocycles. The van der Waals surface area contributed by atoms with Gasteiger partial charge >= 0.3 is 0 Å². The van der Waals surface area contributed by atoms with Crippen LogP contribution < -0.4 is 9.47 Å². The summed E-state index contributed by atoms with van der Waals surface area (Å²) in [6.45, 7) is 4.71. The summed E-state index contributed by atoms with van der Waals surface area (Å²) in [5.74, 6) is 1.35. The Labute approximate surface area is 126 Å². The number of hydrogen-bond donors (Lipinski definition) is 1. The smallest absolute Gasteiger partial charge is 0.296 e. The van der Waals surface area contributed by atoms with Gasteiger partial charge in [-0.3, -0.25) is 0 Å². The van der Waals surface area contributed by atoms with Gasteiger partial charge in [-0.15, -0.1) is 0 Å². The predicted molar refractivity (Wildman–Crippen MR) is 77.2 cm³/mol. The van der Waals surface area contributed by atoms with E-state index < -0.39 is 14.2 Å². The summed E-state index contributed by atoms with van der Waals surface area (Å²) in [5, 5.41) is 5.72. The van der Waals surface area contributed by atoms with E-state index in [0.717, 1.165) is 0 Å². The number of aromatic amines is 1. The minimum absolute atomic E-state index is 0.207. The molecule has 0 amide bonds. The van der Waals surface area contributed by atoms with Crippen LogP contribution in [0.1, 0.15) is 13.8 Å². The highest BCUT2D eigenvalue weighted by molar-refractivity contribution is 8.13. The van der Waals surface area contributed by atoms with Crippen molar-refractivity contribution in [2.45, 2.75) is 19.0 Å². The van der Waals surface area contributed by atoms with Crippen LogP contribution in [-0.4, -0.2) is 36.8 Å². The first-order valence-corrected chi connectivity index (χ1v) is 8.53. The van der Waals surface area contributed by atoms with E-state index in [1.807, 2.05) is 13.8 Å². The maximum absolute atomic E-state index is 11.2. The SMILES string of the molecule is CCOc1ccc(-c2n[nH]c(S(=O)(=O)Cl)n2)cc1OCC. The molecule has 0 atom stereocenters. The molecule has 0 saturated heterocycles. The molecule has 0 spiro atoms. The molecular formula is C12H14ClN3O4S. The molecule has 1 aromatic heterocycles. The van der Waals surface area contributed by atoms with Crippen molar-refractivity contribution in [2.24, 2.45) is 0 Å². The summed E-state index contributed by atoms with van der Waals surface area (Å²) >= 11 is 0. The molecule has 0 bridgehead atoms. The standard InChI is InChI=1S/C12H14ClN3O4S/c1-3-19-9-6-5-8(7-10(9)20-4-2)11-14-12(16-15-11)21(13,17)18/h5-7H,3-4H2,1-2H3,(H,14,15,16). The second-order valence-electron chi connectivity index (χ2n) is 3.93. The van der Waals surface area contributed by atoms with E-state index in [1.165, 1.54) is 0 Å². The second-order valence-corrected chi connectivity index (χ2v) is 6.41. The second kappa shape index (κ2) is 6.31. The maximum Gasteiger partial charge on any atom is 0.296 e. The molecule has 0 saturated carbocycles. The topological polar surface area (TPSA) is 94.2 Å². The lowest BCUT2D eigenvalue weighted by Gasteiger charge is -2.11. The van der Waals surface area contributed by atoms with Gasteiger partial charge in [0.05, 0.1) is 13.2 Å². The highest BCUT2D eigenvalue weighted by Crippen LogP contribution is 2.32. The van der Waals surface area contributed by atoms with Crippen molar-refractivity contribution in [3.05, 3.63) is 18.2 Å². The Morgan fingerprint density at radius 2 is 1.86 bits per heavy atom. The van der Waals surface area contributed by atoms with Gasteiger partial charge in [-0.25, -0.2) is 13.5 Å². The Bertz CT molecular complexity index is 730. The molecule has 9 heteroatoms. The van der Waals surface area contributed by atoms with Crippen LogP contribution in [0.4, 0.5) is 0 Å². The molecule has 0 fully saturated rings. The van der Waals surface area contributed by atoms with Gasteiger partial charge < -0.3 is 9.47 Å². The predicted octanol–water partition coefficient (Wildman–Crippen LogP) is 2.20. The average molecular weight is 332 g/mol. The van der Waals surface area contributed by atoms with Gasteiger partial charge in [0.2, 0.25) is 0 Å². The molecule has 2 rings (SSSR count). The van der Waals surface area contributed by atoms with Crippen LogP contribution >= 0.6 is 10.7 Å². The first-order valence-electron chi connectivity index (χ1n) is 6.22. The Balaban J connectivity index is 2.40. The zero-order valence-electron chi connectivity index (χ0n) is 11.5. The van der Waals surface area contributed by atoms with Crippen molar-refractivity contribution in [3.63, 3.8) is 0 Å². The third-order valence-electron chi connectivity index (χ3n) is 2.50. The molecule has 0 aliphatic rings. The number of hydrogen-bond acceptors (Lipinski definition) is 6. The monoisotopic (exact) mass is 331 g/mol. The van der Waals surface area contributed by atoms with E-state index in [2.05, 4.69) is 15.2 Å². The molecule has 7 nitrogen and oxygen atoms in total. The van der Waals surface area contributed by atoms with Gasteiger partial charge in [-0.1, -0.05) is 0 Å². The zero-order valence-corrected chi connectivity index (χ0v) is 13.0. The lowest BCUT2D eigenvalue weighted by Crippen LogP contribution is -1.98. The molecule has 114 valence electrons. The fourth-order valence-electron chi connectivity index (χ4n) is 1.68. The molecule has 0 radical (unpaired) electrons. The summed E-state index contributed by atoms with van der Waals surface area (Å²) < 4.78 is 33.3. The molecule has 1 N–H and O–H groups in total. The van der Waals surface area contributed by atoms with Gasteiger partial charge in [-0.2, -0.15) is 10.1 Å². The van der Waals surface area contributed by atoms with Crippen molar-refractivity contribution in [1.29, 1.82) is 0 Å². The quantitative estimate of drug-likeness (QED) is 0.815. The van der Waals surface area contributed by atoms with E-state index in [1.54, 1.807) is 18.2 Å². The van der Waals surface area contributed by atoms with Crippen molar-refractivity contribution in [3.8, 4) is 22.9 Å². The van der Waals surface area contributed by atoms with Crippen LogP contribution in [0.15, 0.2) is 23.4 Å². The highest BCUT2D eigenvalue weighted by atomic mass is 35.7. The van der Waals surface area contributed by atoms with E-state index in [4.69, 9.17) is 20.2 Å². The Hall–Kier alpha value is -1.80. The molecule has 2 aromatic rings. The van der Waals surface area contributed by atoms with Gasteiger partial charge in [0.25, 0.3) is 14.2 Å². The van der Waals surface area contributed by atoms with E-state index in [-0.39, 0.29) is 5.82 Å². The van der Waals surface area contributed by atoms with Crippen LogP contribution in [0, 0.1) is 0 Å². The maximum atomic E-state index is 11.2. The Kier molecular flexibility index (Phi) is 4.69. The van der Waals surface area contributed by atoms with Gasteiger partial charge in [-0.05, 0) is 32.0 Å². The third kappa shape index (κ3) is 3.64. The van der Waals surface area contributed by atoms with Crippen LogP contribution in [-0.2, 0) is 9.05 Å². The van der Waals surface area contributed by atoms with E-state index >= 15 is 0 Å². The molecule has 21 heavy (non-hydrogen) atoms. The van der Waals surface area contributed by atoms with Gasteiger partial charge in [0, 0.05) is 16.2 Å². The van der Waals surface area contributed by atoms with Crippen LogP contribution in [0.25, 0.3) is 11.4 Å². The Morgan fingerprint density at radius 3 is 2.43 bits per heavy atom. The average Bonchev–Trinajstić information content (AvgIpc) is 2.91. The molecule has 0 aliphatic heterocycles. The normalized spacial score (nSPS) is 11.4. The summed E-state index contributed by atoms with van der Waals surface area (Å²) in [4.78, 5) is 3.85. The summed E-state index contributed by atoms with van der Waals surface area (Å²) in [6, 6.07) is 5.11. The van der Waals surface area contributed by atoms with E-state index in [0.29, 0.717) is 30.3 Å². The van der Waals surface area contributed by atoms with Crippen molar-refractivity contribution in [1.82, 2.24) is 15.2 Å². The minimum Gasteiger partial charge on any atom is -0.490 e. The number of H-pyrrole nitrogens is 1. The largest absolute Gasteiger partial charge is 0.490 e. The summed E-state index contributed by atoms with van der Waals surface area (Å²) in [7, 11) is 1.26. The number of nitrogens with zero attached hydrogens (tertiary/aromatic N) is 2.